The third-order valence-electron chi connectivity index (χ3n) is 3.54. The standard InChI is InChI=1S/C15H17N3O/c16-15(17)13-5-6-14(18-7-9-19-10-8-18)12-4-2-1-3-11(12)13/h1-6H,7-10H2,(H3,16,17). The van der Waals surface area contributed by atoms with Crippen molar-refractivity contribution in [3.8, 4) is 0 Å². The molecule has 0 atom stereocenters. The molecule has 0 spiro atoms. The van der Waals surface area contributed by atoms with Gasteiger partial charge in [0.2, 0.25) is 0 Å². The summed E-state index contributed by atoms with van der Waals surface area (Å²) in [7, 11) is 0. The first-order valence-corrected chi connectivity index (χ1v) is 6.46. The first kappa shape index (κ1) is 12.0. The maximum absolute atomic E-state index is 7.68. The van der Waals surface area contributed by atoms with Crippen molar-refractivity contribution in [2.75, 3.05) is 31.2 Å². The van der Waals surface area contributed by atoms with E-state index in [0.717, 1.165) is 42.6 Å². The van der Waals surface area contributed by atoms with Crippen molar-refractivity contribution in [2.45, 2.75) is 0 Å². The SMILES string of the molecule is N=C(N)c1ccc(N2CCOCC2)c2ccccc12. The lowest BCUT2D eigenvalue weighted by Crippen LogP contribution is -2.36. The number of fused-ring (bicyclic) bond motifs is 1. The Morgan fingerprint density at radius 1 is 1.05 bits per heavy atom. The molecule has 0 radical (unpaired) electrons. The lowest BCUT2D eigenvalue weighted by Gasteiger charge is -2.30. The average molecular weight is 255 g/mol. The highest BCUT2D eigenvalue weighted by Crippen LogP contribution is 2.29. The number of morpholine rings is 1. The van der Waals surface area contributed by atoms with Crippen molar-refractivity contribution >= 4 is 22.3 Å². The maximum atomic E-state index is 7.68. The van der Waals surface area contributed by atoms with Crippen LogP contribution in [0.25, 0.3) is 10.8 Å². The number of amidine groups is 1. The van der Waals surface area contributed by atoms with Crippen LogP contribution in [-0.4, -0.2) is 32.1 Å². The minimum Gasteiger partial charge on any atom is -0.384 e. The summed E-state index contributed by atoms with van der Waals surface area (Å²) in [4.78, 5) is 2.33. The van der Waals surface area contributed by atoms with Gasteiger partial charge >= 0.3 is 0 Å². The summed E-state index contributed by atoms with van der Waals surface area (Å²) >= 11 is 0. The van der Waals surface area contributed by atoms with Crippen LogP contribution in [-0.2, 0) is 4.74 Å². The van der Waals surface area contributed by atoms with Gasteiger partial charge in [-0.15, -0.1) is 0 Å². The number of anilines is 1. The minimum atomic E-state index is 0.115. The molecular formula is C15H17N3O. The molecule has 1 aliphatic heterocycles. The second-order valence-electron chi connectivity index (χ2n) is 4.69. The summed E-state index contributed by atoms with van der Waals surface area (Å²) in [5.41, 5.74) is 7.65. The van der Waals surface area contributed by atoms with Crippen molar-refractivity contribution in [1.82, 2.24) is 0 Å². The summed E-state index contributed by atoms with van der Waals surface area (Å²) in [6.45, 7) is 3.35. The molecule has 4 nitrogen and oxygen atoms in total. The predicted octanol–water partition coefficient (Wildman–Crippen LogP) is 1.96. The first-order valence-electron chi connectivity index (χ1n) is 6.46. The van der Waals surface area contributed by atoms with Crippen LogP contribution >= 0.6 is 0 Å². The zero-order chi connectivity index (χ0) is 13.2. The van der Waals surface area contributed by atoms with Crippen molar-refractivity contribution in [3.05, 3.63) is 42.0 Å². The molecule has 1 saturated heterocycles. The van der Waals surface area contributed by atoms with Crippen molar-refractivity contribution in [1.29, 1.82) is 5.41 Å². The van der Waals surface area contributed by atoms with E-state index in [2.05, 4.69) is 17.0 Å². The van der Waals surface area contributed by atoms with Crippen LogP contribution in [0.3, 0.4) is 0 Å². The molecule has 0 aromatic heterocycles. The number of benzene rings is 2. The summed E-state index contributed by atoms with van der Waals surface area (Å²) in [6.07, 6.45) is 0. The number of ether oxygens (including phenoxy) is 1. The molecule has 0 aliphatic carbocycles. The summed E-state index contributed by atoms with van der Waals surface area (Å²) in [5, 5.41) is 9.87. The third kappa shape index (κ3) is 2.15. The van der Waals surface area contributed by atoms with E-state index in [1.165, 1.54) is 5.69 Å². The molecule has 98 valence electrons. The molecule has 0 amide bonds. The minimum absolute atomic E-state index is 0.115. The van der Waals surface area contributed by atoms with Gasteiger partial charge in [0.1, 0.15) is 5.84 Å². The largest absolute Gasteiger partial charge is 0.384 e. The van der Waals surface area contributed by atoms with E-state index in [-0.39, 0.29) is 5.84 Å². The predicted molar refractivity (Wildman–Crippen MR) is 78.0 cm³/mol. The molecule has 2 aromatic carbocycles. The Morgan fingerprint density at radius 3 is 2.42 bits per heavy atom. The molecule has 2 aromatic rings. The van der Waals surface area contributed by atoms with Gasteiger partial charge in [0, 0.05) is 29.7 Å². The maximum Gasteiger partial charge on any atom is 0.123 e. The Hall–Kier alpha value is -2.07. The van der Waals surface area contributed by atoms with E-state index < -0.39 is 0 Å². The van der Waals surface area contributed by atoms with Gasteiger partial charge in [-0.25, -0.2) is 0 Å². The number of rotatable bonds is 2. The molecular weight excluding hydrogens is 238 g/mol. The molecule has 1 aliphatic rings. The highest BCUT2D eigenvalue weighted by Gasteiger charge is 2.15. The van der Waals surface area contributed by atoms with E-state index in [1.807, 2.05) is 24.3 Å². The topological polar surface area (TPSA) is 62.3 Å². The van der Waals surface area contributed by atoms with Crippen LogP contribution < -0.4 is 10.6 Å². The van der Waals surface area contributed by atoms with Crippen LogP contribution in [0.5, 0.6) is 0 Å². The smallest absolute Gasteiger partial charge is 0.123 e. The van der Waals surface area contributed by atoms with E-state index in [1.54, 1.807) is 0 Å². The summed E-state index contributed by atoms with van der Waals surface area (Å²) < 4.78 is 5.40. The lowest BCUT2D eigenvalue weighted by atomic mass is 10.0. The van der Waals surface area contributed by atoms with E-state index in [0.29, 0.717) is 0 Å². The average Bonchev–Trinajstić information content (AvgIpc) is 2.47. The number of nitrogens with zero attached hydrogens (tertiary/aromatic N) is 1. The van der Waals surface area contributed by atoms with E-state index in [9.17, 15) is 0 Å². The normalized spacial score (nSPS) is 15.7. The number of nitrogen functional groups attached to an aromatic ring is 1. The lowest BCUT2D eigenvalue weighted by molar-refractivity contribution is 0.123. The zero-order valence-corrected chi connectivity index (χ0v) is 10.7. The van der Waals surface area contributed by atoms with E-state index >= 15 is 0 Å². The van der Waals surface area contributed by atoms with E-state index in [4.69, 9.17) is 15.9 Å². The Kier molecular flexibility index (Phi) is 3.09. The quantitative estimate of drug-likeness (QED) is 0.637. The number of hydrogen-bond donors (Lipinski definition) is 2. The molecule has 0 unspecified atom stereocenters. The third-order valence-corrected chi connectivity index (χ3v) is 3.54. The van der Waals surface area contributed by atoms with Gasteiger partial charge in [0.15, 0.2) is 0 Å². The van der Waals surface area contributed by atoms with Gasteiger partial charge in [0.05, 0.1) is 13.2 Å². The van der Waals surface area contributed by atoms with Gasteiger partial charge in [-0.1, -0.05) is 24.3 Å². The van der Waals surface area contributed by atoms with Crippen LogP contribution in [0, 0.1) is 5.41 Å². The van der Waals surface area contributed by atoms with Crippen molar-refractivity contribution in [2.24, 2.45) is 5.73 Å². The van der Waals surface area contributed by atoms with Gasteiger partial charge < -0.3 is 15.4 Å². The van der Waals surface area contributed by atoms with Gasteiger partial charge in [-0.3, -0.25) is 5.41 Å². The van der Waals surface area contributed by atoms with Gasteiger partial charge in [-0.05, 0) is 17.5 Å². The van der Waals surface area contributed by atoms with Gasteiger partial charge in [-0.2, -0.15) is 0 Å². The molecule has 3 rings (SSSR count). The summed E-state index contributed by atoms with van der Waals surface area (Å²) in [5.74, 6) is 0.115. The number of hydrogen-bond acceptors (Lipinski definition) is 3. The van der Waals surface area contributed by atoms with Crippen LogP contribution in [0.1, 0.15) is 5.56 Å². The highest BCUT2D eigenvalue weighted by molar-refractivity contribution is 6.10. The molecule has 0 bridgehead atoms. The van der Waals surface area contributed by atoms with Crippen LogP contribution in [0.4, 0.5) is 5.69 Å². The number of nitrogens with two attached hydrogens (primary N) is 1. The van der Waals surface area contributed by atoms with Crippen LogP contribution in [0.2, 0.25) is 0 Å². The van der Waals surface area contributed by atoms with Gasteiger partial charge in [0.25, 0.3) is 0 Å². The second kappa shape index (κ2) is 4.90. The molecule has 19 heavy (non-hydrogen) atoms. The monoisotopic (exact) mass is 255 g/mol. The van der Waals surface area contributed by atoms with Crippen molar-refractivity contribution < 1.29 is 4.74 Å². The van der Waals surface area contributed by atoms with Crippen molar-refractivity contribution in [3.63, 3.8) is 0 Å². The zero-order valence-electron chi connectivity index (χ0n) is 10.7. The Morgan fingerprint density at radius 2 is 1.74 bits per heavy atom. The Labute approximate surface area is 112 Å². The van der Waals surface area contributed by atoms with Crippen LogP contribution in [0.15, 0.2) is 36.4 Å². The Balaban J connectivity index is 2.15. The fourth-order valence-electron chi connectivity index (χ4n) is 2.60. The fraction of sp³-hybridized carbons (Fsp3) is 0.267. The fourth-order valence-corrected chi connectivity index (χ4v) is 2.60. The molecule has 1 heterocycles. The molecule has 0 saturated carbocycles. The summed E-state index contributed by atoms with van der Waals surface area (Å²) in [6, 6.07) is 12.1. The first-order chi connectivity index (χ1) is 9.27. The number of nitrogens with one attached hydrogen (secondary N) is 1. The molecule has 3 N–H and O–H groups in total. The molecule has 4 heteroatoms. The molecule has 1 fully saturated rings. The highest BCUT2D eigenvalue weighted by atomic mass is 16.5. The Bertz CT molecular complexity index is 618. The second-order valence-corrected chi connectivity index (χ2v) is 4.69.